The van der Waals surface area contributed by atoms with Crippen molar-refractivity contribution in [3.8, 4) is 0 Å². The first kappa shape index (κ1) is 17.1. The molecule has 106 valence electrons. The molecule has 0 aromatic carbocycles. The zero-order valence-electron chi connectivity index (χ0n) is 11.5. The molecule has 0 radical (unpaired) electrons. The van der Waals surface area contributed by atoms with E-state index in [1.807, 2.05) is 13.0 Å². The van der Waals surface area contributed by atoms with Crippen molar-refractivity contribution in [3.05, 3.63) is 36.0 Å². The molecule has 1 N–H and O–H groups in total. The molecule has 0 fully saturated rings. The molecule has 0 bridgehead atoms. The van der Waals surface area contributed by atoms with Crippen LogP contribution >= 0.6 is 0 Å². The van der Waals surface area contributed by atoms with Crippen LogP contribution in [0.15, 0.2) is 36.0 Å². The average Bonchev–Trinajstić information content (AvgIpc) is 2.39. The third-order valence-corrected chi connectivity index (χ3v) is 2.45. The van der Waals surface area contributed by atoms with Gasteiger partial charge in [-0.1, -0.05) is 24.3 Å². The van der Waals surface area contributed by atoms with Gasteiger partial charge >= 0.3 is 11.9 Å². The normalized spacial score (nSPS) is 13.9. The van der Waals surface area contributed by atoms with E-state index in [2.05, 4.69) is 4.74 Å². The Kier molecular flexibility index (Phi) is 9.08. The van der Waals surface area contributed by atoms with Crippen LogP contribution in [0.25, 0.3) is 0 Å². The van der Waals surface area contributed by atoms with E-state index >= 15 is 0 Å². The van der Waals surface area contributed by atoms with Crippen molar-refractivity contribution in [1.82, 2.24) is 0 Å². The van der Waals surface area contributed by atoms with Crippen LogP contribution in [0.3, 0.4) is 0 Å². The Morgan fingerprint density at radius 2 is 1.95 bits per heavy atom. The first-order valence-corrected chi connectivity index (χ1v) is 5.83. The van der Waals surface area contributed by atoms with Crippen LogP contribution < -0.4 is 0 Å². The second kappa shape index (κ2) is 10.1. The number of aliphatic carboxylic acids is 1. The largest absolute Gasteiger partial charge is 0.478 e. The van der Waals surface area contributed by atoms with E-state index in [-0.39, 0.29) is 18.5 Å². The van der Waals surface area contributed by atoms with E-state index in [1.54, 1.807) is 19.3 Å². The summed E-state index contributed by atoms with van der Waals surface area (Å²) in [6, 6.07) is 0. The molecule has 0 aromatic heterocycles. The van der Waals surface area contributed by atoms with Crippen LogP contribution in [0.1, 0.15) is 19.8 Å². The summed E-state index contributed by atoms with van der Waals surface area (Å²) in [5.41, 5.74) is 0.930. The molecule has 1 atom stereocenters. The summed E-state index contributed by atoms with van der Waals surface area (Å²) in [6.07, 6.45) is 8.40. The fourth-order valence-corrected chi connectivity index (χ4v) is 1.35. The predicted octanol–water partition coefficient (Wildman–Crippen LogP) is 2.10. The minimum atomic E-state index is -0.984. The summed E-state index contributed by atoms with van der Waals surface area (Å²) in [7, 11) is 2.93. The van der Waals surface area contributed by atoms with Gasteiger partial charge < -0.3 is 14.6 Å². The minimum Gasteiger partial charge on any atom is -0.478 e. The standard InChI is InChI=1S/C14H20O5/c1-11(9-10-14(17)19-3)12(18-2)7-5-4-6-8-13(15)16/h4-6,8-9,12H,7,10H2,1-3H3,(H,15,16)/b5-4-,8-6+,11-9-/t12-/m1/s1. The molecule has 0 spiro atoms. The van der Waals surface area contributed by atoms with Crippen molar-refractivity contribution < 1.29 is 24.2 Å². The fourth-order valence-electron chi connectivity index (χ4n) is 1.35. The second-order valence-electron chi connectivity index (χ2n) is 3.81. The number of methoxy groups -OCH3 is 2. The molecule has 0 saturated heterocycles. The number of hydrogen-bond acceptors (Lipinski definition) is 4. The van der Waals surface area contributed by atoms with Gasteiger partial charge in [-0.2, -0.15) is 0 Å². The van der Waals surface area contributed by atoms with Crippen LogP contribution in [0, 0.1) is 0 Å². The number of carbonyl (C=O) groups is 2. The topological polar surface area (TPSA) is 72.8 Å². The van der Waals surface area contributed by atoms with Gasteiger partial charge in [-0.3, -0.25) is 4.79 Å². The summed E-state index contributed by atoms with van der Waals surface area (Å²) in [5.74, 6) is -1.28. The van der Waals surface area contributed by atoms with E-state index in [1.165, 1.54) is 13.2 Å². The van der Waals surface area contributed by atoms with Crippen LogP contribution in [-0.2, 0) is 19.1 Å². The average molecular weight is 268 g/mol. The van der Waals surface area contributed by atoms with Crippen molar-refractivity contribution >= 4 is 11.9 Å². The highest BCUT2D eigenvalue weighted by atomic mass is 16.5. The van der Waals surface area contributed by atoms with Crippen LogP contribution in [-0.4, -0.2) is 37.4 Å². The highest BCUT2D eigenvalue weighted by Crippen LogP contribution is 2.11. The van der Waals surface area contributed by atoms with Crippen molar-refractivity contribution in [3.63, 3.8) is 0 Å². The smallest absolute Gasteiger partial charge is 0.328 e. The Hall–Kier alpha value is -1.88. The van der Waals surface area contributed by atoms with Gasteiger partial charge in [0.25, 0.3) is 0 Å². The van der Waals surface area contributed by atoms with Crippen molar-refractivity contribution in [2.75, 3.05) is 14.2 Å². The Morgan fingerprint density at radius 1 is 1.26 bits per heavy atom. The monoisotopic (exact) mass is 268 g/mol. The third-order valence-electron chi connectivity index (χ3n) is 2.45. The number of ether oxygens (including phenoxy) is 2. The maximum atomic E-state index is 11.0. The third kappa shape index (κ3) is 8.79. The Balaban J connectivity index is 4.33. The molecule has 5 nitrogen and oxygen atoms in total. The molecule has 0 heterocycles. The van der Waals surface area contributed by atoms with Crippen LogP contribution in [0.2, 0.25) is 0 Å². The maximum absolute atomic E-state index is 11.0. The predicted molar refractivity (Wildman–Crippen MR) is 71.7 cm³/mol. The van der Waals surface area contributed by atoms with E-state index in [9.17, 15) is 9.59 Å². The van der Waals surface area contributed by atoms with Gasteiger partial charge in [0.05, 0.1) is 19.6 Å². The summed E-state index contributed by atoms with van der Waals surface area (Å²) >= 11 is 0. The number of hydrogen-bond donors (Lipinski definition) is 1. The molecule has 0 saturated carbocycles. The van der Waals surface area contributed by atoms with Gasteiger partial charge in [-0.15, -0.1) is 0 Å². The molecular weight excluding hydrogens is 248 g/mol. The number of carboxylic acids is 1. The van der Waals surface area contributed by atoms with Crippen molar-refractivity contribution in [1.29, 1.82) is 0 Å². The lowest BCUT2D eigenvalue weighted by atomic mass is 10.1. The van der Waals surface area contributed by atoms with Crippen molar-refractivity contribution in [2.24, 2.45) is 0 Å². The van der Waals surface area contributed by atoms with Gasteiger partial charge in [0.15, 0.2) is 0 Å². The first-order chi connectivity index (χ1) is 9.01. The highest BCUT2D eigenvalue weighted by molar-refractivity contribution is 5.80. The summed E-state index contributed by atoms with van der Waals surface area (Å²) < 4.78 is 9.84. The molecule has 0 aliphatic heterocycles. The second-order valence-corrected chi connectivity index (χ2v) is 3.81. The van der Waals surface area contributed by atoms with E-state index in [4.69, 9.17) is 9.84 Å². The molecule has 0 rings (SSSR count). The Labute approximate surface area is 113 Å². The lowest BCUT2D eigenvalue weighted by Gasteiger charge is -2.13. The molecule has 0 unspecified atom stereocenters. The number of carboxylic acid groups (broad SMARTS) is 1. The molecular formula is C14H20O5. The quantitative estimate of drug-likeness (QED) is 0.316. The molecule has 0 amide bonds. The van der Waals surface area contributed by atoms with E-state index < -0.39 is 5.97 Å². The van der Waals surface area contributed by atoms with Gasteiger partial charge in [-0.25, -0.2) is 4.79 Å². The Bertz CT molecular complexity index is 379. The van der Waals surface area contributed by atoms with E-state index in [0.717, 1.165) is 11.6 Å². The molecule has 0 aliphatic rings. The van der Waals surface area contributed by atoms with Gasteiger partial charge in [0.2, 0.25) is 0 Å². The van der Waals surface area contributed by atoms with Gasteiger partial charge in [0.1, 0.15) is 0 Å². The molecule has 19 heavy (non-hydrogen) atoms. The number of carbonyl (C=O) groups excluding carboxylic acids is 1. The number of rotatable bonds is 8. The summed E-state index contributed by atoms with van der Waals surface area (Å²) in [4.78, 5) is 21.2. The summed E-state index contributed by atoms with van der Waals surface area (Å²) in [5, 5.41) is 8.40. The summed E-state index contributed by atoms with van der Waals surface area (Å²) in [6.45, 7) is 1.87. The van der Waals surface area contributed by atoms with Gasteiger partial charge in [-0.05, 0) is 18.9 Å². The van der Waals surface area contributed by atoms with Crippen LogP contribution in [0.4, 0.5) is 0 Å². The number of esters is 1. The molecule has 0 aliphatic carbocycles. The highest BCUT2D eigenvalue weighted by Gasteiger charge is 2.08. The van der Waals surface area contributed by atoms with E-state index in [0.29, 0.717) is 6.42 Å². The lowest BCUT2D eigenvalue weighted by molar-refractivity contribution is -0.139. The van der Waals surface area contributed by atoms with Crippen LogP contribution in [0.5, 0.6) is 0 Å². The Morgan fingerprint density at radius 3 is 2.47 bits per heavy atom. The SMILES string of the molecule is COC(=O)C/C=C(/C)[C@@H](C/C=C\C=C\C(=O)O)OC. The number of allylic oxidation sites excluding steroid dienone is 2. The minimum absolute atomic E-state index is 0.140. The van der Waals surface area contributed by atoms with Gasteiger partial charge in [0, 0.05) is 13.2 Å². The zero-order chi connectivity index (χ0) is 14.7. The van der Waals surface area contributed by atoms with Crippen molar-refractivity contribution in [2.45, 2.75) is 25.9 Å². The fraction of sp³-hybridized carbons (Fsp3) is 0.429. The molecule has 0 aromatic rings. The lowest BCUT2D eigenvalue weighted by Crippen LogP contribution is -2.11. The first-order valence-electron chi connectivity index (χ1n) is 5.83. The maximum Gasteiger partial charge on any atom is 0.328 e. The molecule has 5 heteroatoms. The zero-order valence-corrected chi connectivity index (χ0v) is 11.5.